The molecule has 1 aliphatic heterocycles. The van der Waals surface area contributed by atoms with Crippen LogP contribution in [0, 0.1) is 5.92 Å². The summed E-state index contributed by atoms with van der Waals surface area (Å²) in [6, 6.07) is 2.27. The van der Waals surface area contributed by atoms with Crippen molar-refractivity contribution in [1.29, 1.82) is 0 Å². The second-order valence-electron chi connectivity index (χ2n) is 5.04. The molecule has 1 fully saturated rings. The Hall–Kier alpha value is -0.830. The zero-order valence-corrected chi connectivity index (χ0v) is 11.2. The van der Waals surface area contributed by atoms with E-state index in [1.165, 1.54) is 43.7 Å². The van der Waals surface area contributed by atoms with E-state index in [-0.39, 0.29) is 0 Å². The van der Waals surface area contributed by atoms with Crippen LogP contribution in [-0.4, -0.2) is 22.9 Å². The first kappa shape index (κ1) is 12.6. The van der Waals surface area contributed by atoms with Crippen molar-refractivity contribution in [3.8, 4) is 0 Å². The molecule has 0 amide bonds. The Kier molecular flexibility index (Phi) is 4.60. The molecule has 1 aliphatic rings. The molecule has 1 N–H and O–H groups in total. The molecular formula is C14H25N3. The lowest BCUT2D eigenvalue weighted by Crippen LogP contribution is -2.28. The lowest BCUT2D eigenvalue weighted by Gasteiger charge is -2.22. The van der Waals surface area contributed by atoms with Crippen LogP contribution >= 0.6 is 0 Å². The molecule has 96 valence electrons. The van der Waals surface area contributed by atoms with Crippen molar-refractivity contribution < 1.29 is 0 Å². The van der Waals surface area contributed by atoms with Crippen LogP contribution in [0.1, 0.15) is 44.5 Å². The van der Waals surface area contributed by atoms with Gasteiger partial charge in [-0.1, -0.05) is 13.8 Å². The highest BCUT2D eigenvalue weighted by Crippen LogP contribution is 2.17. The SMILES string of the molecule is CCc1cc(CC)n(CCC2CCNCC2)n1. The van der Waals surface area contributed by atoms with Crippen molar-refractivity contribution >= 4 is 0 Å². The minimum atomic E-state index is 0.898. The van der Waals surface area contributed by atoms with Crippen LogP contribution < -0.4 is 5.32 Å². The molecule has 1 saturated heterocycles. The van der Waals surface area contributed by atoms with Gasteiger partial charge in [0, 0.05) is 12.2 Å². The number of aromatic nitrogens is 2. The molecule has 0 spiro atoms. The molecule has 0 aromatic carbocycles. The minimum absolute atomic E-state index is 0.898. The average Bonchev–Trinajstić information content (AvgIpc) is 2.80. The van der Waals surface area contributed by atoms with E-state index in [4.69, 9.17) is 0 Å². The zero-order valence-electron chi connectivity index (χ0n) is 11.2. The minimum Gasteiger partial charge on any atom is -0.317 e. The number of rotatable bonds is 5. The van der Waals surface area contributed by atoms with Crippen LogP contribution in [0.2, 0.25) is 0 Å². The third kappa shape index (κ3) is 3.32. The Bertz CT molecular complexity index is 337. The van der Waals surface area contributed by atoms with Gasteiger partial charge in [-0.25, -0.2) is 0 Å². The van der Waals surface area contributed by atoms with Crippen LogP contribution in [-0.2, 0) is 19.4 Å². The first-order chi connectivity index (χ1) is 8.33. The van der Waals surface area contributed by atoms with Gasteiger partial charge in [0.15, 0.2) is 0 Å². The molecule has 0 unspecified atom stereocenters. The molecule has 1 aromatic heterocycles. The molecule has 2 heterocycles. The van der Waals surface area contributed by atoms with Gasteiger partial charge in [0.1, 0.15) is 0 Å². The van der Waals surface area contributed by atoms with Crippen molar-refractivity contribution in [2.45, 2.75) is 52.5 Å². The van der Waals surface area contributed by atoms with Crippen LogP contribution in [0.3, 0.4) is 0 Å². The van der Waals surface area contributed by atoms with E-state index >= 15 is 0 Å². The fourth-order valence-corrected chi connectivity index (χ4v) is 2.64. The molecule has 0 saturated carbocycles. The second-order valence-corrected chi connectivity index (χ2v) is 5.04. The van der Waals surface area contributed by atoms with Crippen molar-refractivity contribution in [2.75, 3.05) is 13.1 Å². The fraction of sp³-hybridized carbons (Fsp3) is 0.786. The van der Waals surface area contributed by atoms with Crippen LogP contribution in [0.4, 0.5) is 0 Å². The summed E-state index contributed by atoms with van der Waals surface area (Å²) < 4.78 is 2.24. The Balaban J connectivity index is 1.90. The Morgan fingerprint density at radius 1 is 1.29 bits per heavy atom. The molecule has 0 atom stereocenters. The van der Waals surface area contributed by atoms with Crippen LogP contribution in [0.25, 0.3) is 0 Å². The van der Waals surface area contributed by atoms with Gasteiger partial charge in [0.2, 0.25) is 0 Å². The summed E-state index contributed by atoms with van der Waals surface area (Å²) in [5, 5.41) is 8.11. The van der Waals surface area contributed by atoms with Gasteiger partial charge >= 0.3 is 0 Å². The maximum atomic E-state index is 4.68. The Morgan fingerprint density at radius 3 is 2.71 bits per heavy atom. The van der Waals surface area contributed by atoms with E-state index in [2.05, 4.69) is 35.0 Å². The molecule has 0 bridgehead atoms. The summed E-state index contributed by atoms with van der Waals surface area (Å²) in [6.45, 7) is 7.90. The summed E-state index contributed by atoms with van der Waals surface area (Å²) in [4.78, 5) is 0. The van der Waals surface area contributed by atoms with Crippen LogP contribution in [0.5, 0.6) is 0 Å². The van der Waals surface area contributed by atoms with E-state index in [0.717, 1.165) is 25.3 Å². The topological polar surface area (TPSA) is 29.9 Å². The van der Waals surface area contributed by atoms with E-state index in [9.17, 15) is 0 Å². The van der Waals surface area contributed by atoms with Gasteiger partial charge in [-0.3, -0.25) is 4.68 Å². The van der Waals surface area contributed by atoms with Gasteiger partial charge in [-0.2, -0.15) is 5.10 Å². The van der Waals surface area contributed by atoms with Gasteiger partial charge in [0.25, 0.3) is 0 Å². The molecule has 3 heteroatoms. The number of nitrogens with one attached hydrogen (secondary N) is 1. The van der Waals surface area contributed by atoms with E-state index in [0.29, 0.717) is 0 Å². The maximum Gasteiger partial charge on any atom is 0.0624 e. The highest BCUT2D eigenvalue weighted by Gasteiger charge is 2.14. The standard InChI is InChI=1S/C14H25N3/c1-3-13-11-14(4-2)17(16-13)10-7-12-5-8-15-9-6-12/h11-12,15H,3-10H2,1-2H3. The number of aryl methyl sites for hydroxylation is 3. The molecule has 1 aromatic rings. The van der Waals surface area contributed by atoms with E-state index < -0.39 is 0 Å². The smallest absolute Gasteiger partial charge is 0.0624 e. The van der Waals surface area contributed by atoms with Crippen molar-refractivity contribution in [2.24, 2.45) is 5.92 Å². The summed E-state index contributed by atoms with van der Waals surface area (Å²) in [7, 11) is 0. The number of nitrogens with zero attached hydrogens (tertiary/aromatic N) is 2. The summed E-state index contributed by atoms with van der Waals surface area (Å²) in [6.07, 6.45) is 6.11. The van der Waals surface area contributed by atoms with E-state index in [1.54, 1.807) is 0 Å². The first-order valence-corrected chi connectivity index (χ1v) is 7.09. The predicted octanol–water partition coefficient (Wildman–Crippen LogP) is 2.40. The molecule has 3 nitrogen and oxygen atoms in total. The summed E-state index contributed by atoms with van der Waals surface area (Å²) in [5.74, 6) is 0.898. The largest absolute Gasteiger partial charge is 0.317 e. The van der Waals surface area contributed by atoms with Gasteiger partial charge < -0.3 is 5.32 Å². The van der Waals surface area contributed by atoms with Gasteiger partial charge in [0.05, 0.1) is 5.69 Å². The quantitative estimate of drug-likeness (QED) is 0.849. The molecular weight excluding hydrogens is 210 g/mol. The number of piperidine rings is 1. The van der Waals surface area contributed by atoms with Crippen molar-refractivity contribution in [3.05, 3.63) is 17.5 Å². The van der Waals surface area contributed by atoms with Gasteiger partial charge in [-0.05, 0) is 57.2 Å². The third-order valence-corrected chi connectivity index (χ3v) is 3.85. The monoisotopic (exact) mass is 235 g/mol. The van der Waals surface area contributed by atoms with Gasteiger partial charge in [-0.15, -0.1) is 0 Å². The van der Waals surface area contributed by atoms with Crippen LogP contribution in [0.15, 0.2) is 6.07 Å². The maximum absolute atomic E-state index is 4.68. The normalized spacial score (nSPS) is 17.5. The Morgan fingerprint density at radius 2 is 2.06 bits per heavy atom. The summed E-state index contributed by atoms with van der Waals surface area (Å²) in [5.41, 5.74) is 2.64. The molecule has 17 heavy (non-hydrogen) atoms. The molecule has 0 radical (unpaired) electrons. The second kappa shape index (κ2) is 6.20. The highest BCUT2D eigenvalue weighted by atomic mass is 15.3. The highest BCUT2D eigenvalue weighted by molar-refractivity contribution is 5.10. The first-order valence-electron chi connectivity index (χ1n) is 7.09. The number of hydrogen-bond donors (Lipinski definition) is 1. The van der Waals surface area contributed by atoms with Crippen molar-refractivity contribution in [1.82, 2.24) is 15.1 Å². The number of hydrogen-bond acceptors (Lipinski definition) is 2. The predicted molar refractivity (Wildman–Crippen MR) is 71.2 cm³/mol. The Labute approximate surface area is 105 Å². The third-order valence-electron chi connectivity index (χ3n) is 3.85. The zero-order chi connectivity index (χ0) is 12.1. The summed E-state index contributed by atoms with van der Waals surface area (Å²) >= 11 is 0. The molecule has 2 rings (SSSR count). The average molecular weight is 235 g/mol. The van der Waals surface area contributed by atoms with Crippen molar-refractivity contribution in [3.63, 3.8) is 0 Å². The lowest BCUT2D eigenvalue weighted by molar-refractivity contribution is 0.330. The fourth-order valence-electron chi connectivity index (χ4n) is 2.64. The molecule has 0 aliphatic carbocycles. The van der Waals surface area contributed by atoms with E-state index in [1.807, 2.05) is 0 Å². The lowest BCUT2D eigenvalue weighted by atomic mass is 9.95.